The van der Waals surface area contributed by atoms with Crippen LogP contribution < -0.4 is 5.32 Å². The first-order valence-corrected chi connectivity index (χ1v) is 5.01. The van der Waals surface area contributed by atoms with E-state index in [1.807, 2.05) is 0 Å². The second kappa shape index (κ2) is 3.73. The van der Waals surface area contributed by atoms with Crippen molar-refractivity contribution in [2.24, 2.45) is 0 Å². The van der Waals surface area contributed by atoms with E-state index in [0.717, 1.165) is 6.07 Å². The molecule has 1 atom stereocenters. The highest BCUT2D eigenvalue weighted by molar-refractivity contribution is 5.99. The van der Waals surface area contributed by atoms with Crippen LogP contribution in [0.4, 0.5) is 13.2 Å². The summed E-state index contributed by atoms with van der Waals surface area (Å²) in [6.45, 7) is 1.23. The molecule has 1 amide bonds. The molecule has 1 aromatic rings. The average molecular weight is 245 g/mol. The molecule has 1 heterocycles. The lowest BCUT2D eigenvalue weighted by Gasteiger charge is -2.14. The molecule has 17 heavy (non-hydrogen) atoms. The van der Waals surface area contributed by atoms with Crippen LogP contribution in [0.1, 0.15) is 40.1 Å². The molecule has 2 rings (SSSR count). The van der Waals surface area contributed by atoms with Crippen molar-refractivity contribution >= 4 is 5.91 Å². The lowest BCUT2D eigenvalue weighted by molar-refractivity contribution is -0.138. The van der Waals surface area contributed by atoms with Gasteiger partial charge in [0.1, 0.15) is 0 Å². The number of fused-ring (bicyclic) bond motifs is 1. The predicted octanol–water partition coefficient (Wildman–Crippen LogP) is 2.00. The smallest absolute Gasteiger partial charge is 0.389 e. The Morgan fingerprint density at radius 1 is 1.41 bits per heavy atom. The van der Waals surface area contributed by atoms with Gasteiger partial charge in [-0.15, -0.1) is 0 Å². The Morgan fingerprint density at radius 2 is 2.06 bits per heavy atom. The fourth-order valence-corrected chi connectivity index (χ4v) is 1.85. The molecule has 1 unspecified atom stereocenters. The second-order valence-corrected chi connectivity index (χ2v) is 3.95. The Bertz CT molecular complexity index is 480. The van der Waals surface area contributed by atoms with Crippen LogP contribution in [-0.2, 0) is 12.7 Å². The van der Waals surface area contributed by atoms with E-state index in [2.05, 4.69) is 5.32 Å². The summed E-state index contributed by atoms with van der Waals surface area (Å²) in [6.07, 6.45) is -5.57. The minimum Gasteiger partial charge on any atom is -0.389 e. The standard InChI is InChI=1S/C11H10F3NO2/c1-5(16)6-2-7-8(4-15-10(7)17)9(3-6)11(12,13)14/h2-3,5,16H,4H2,1H3,(H,15,17). The molecule has 0 saturated heterocycles. The van der Waals surface area contributed by atoms with Crippen molar-refractivity contribution in [1.82, 2.24) is 5.32 Å². The molecule has 0 radical (unpaired) electrons. The van der Waals surface area contributed by atoms with Gasteiger partial charge in [0.05, 0.1) is 11.7 Å². The zero-order chi connectivity index (χ0) is 12.8. The van der Waals surface area contributed by atoms with Crippen molar-refractivity contribution in [2.45, 2.75) is 25.7 Å². The zero-order valence-electron chi connectivity index (χ0n) is 8.93. The summed E-state index contributed by atoms with van der Waals surface area (Å²) in [5, 5.41) is 11.7. The Morgan fingerprint density at radius 3 is 2.59 bits per heavy atom. The lowest BCUT2D eigenvalue weighted by Crippen LogP contribution is -2.12. The zero-order valence-corrected chi connectivity index (χ0v) is 8.93. The maximum Gasteiger partial charge on any atom is 0.416 e. The molecular formula is C11H10F3NO2. The molecule has 0 spiro atoms. The molecule has 3 nitrogen and oxygen atoms in total. The second-order valence-electron chi connectivity index (χ2n) is 3.95. The lowest BCUT2D eigenvalue weighted by atomic mass is 9.97. The van der Waals surface area contributed by atoms with Gasteiger partial charge in [-0.25, -0.2) is 0 Å². The molecule has 0 bridgehead atoms. The molecule has 0 aliphatic carbocycles. The fraction of sp³-hybridized carbons (Fsp3) is 0.364. The summed E-state index contributed by atoms with van der Waals surface area (Å²) in [5.74, 6) is -0.534. The monoisotopic (exact) mass is 245 g/mol. The first-order chi connectivity index (χ1) is 7.80. The third-order valence-corrected chi connectivity index (χ3v) is 2.73. The maximum absolute atomic E-state index is 12.8. The van der Waals surface area contributed by atoms with Gasteiger partial charge in [-0.1, -0.05) is 0 Å². The van der Waals surface area contributed by atoms with Crippen LogP contribution in [0, 0.1) is 0 Å². The van der Waals surface area contributed by atoms with Crippen LogP contribution in [0.2, 0.25) is 0 Å². The fourth-order valence-electron chi connectivity index (χ4n) is 1.85. The van der Waals surface area contributed by atoms with Gasteiger partial charge in [-0.3, -0.25) is 4.79 Å². The van der Waals surface area contributed by atoms with Crippen LogP contribution in [0.15, 0.2) is 12.1 Å². The van der Waals surface area contributed by atoms with E-state index in [9.17, 15) is 23.1 Å². The van der Waals surface area contributed by atoms with Crippen molar-refractivity contribution in [3.05, 3.63) is 34.4 Å². The maximum atomic E-state index is 12.8. The van der Waals surface area contributed by atoms with Crippen LogP contribution in [0.25, 0.3) is 0 Å². The highest BCUT2D eigenvalue weighted by Gasteiger charge is 2.37. The number of carbonyl (C=O) groups excluding carboxylic acids is 1. The molecule has 0 saturated carbocycles. The molecular weight excluding hydrogens is 235 g/mol. The molecule has 92 valence electrons. The van der Waals surface area contributed by atoms with Gasteiger partial charge in [0.2, 0.25) is 0 Å². The van der Waals surface area contributed by atoms with Gasteiger partial charge in [-0.2, -0.15) is 13.2 Å². The first-order valence-electron chi connectivity index (χ1n) is 5.01. The predicted molar refractivity (Wildman–Crippen MR) is 53.2 cm³/mol. The number of hydrogen-bond donors (Lipinski definition) is 2. The van der Waals surface area contributed by atoms with Crippen LogP contribution in [0.3, 0.4) is 0 Å². The molecule has 1 aromatic carbocycles. The normalized spacial score (nSPS) is 16.6. The Hall–Kier alpha value is -1.56. The number of nitrogens with one attached hydrogen (secondary N) is 1. The van der Waals surface area contributed by atoms with Gasteiger partial charge in [-0.05, 0) is 30.2 Å². The highest BCUT2D eigenvalue weighted by Crippen LogP contribution is 2.37. The number of aliphatic hydroxyl groups excluding tert-OH is 1. The number of carbonyl (C=O) groups is 1. The quantitative estimate of drug-likeness (QED) is 0.795. The summed E-state index contributed by atoms with van der Waals surface area (Å²) in [4.78, 5) is 11.4. The largest absolute Gasteiger partial charge is 0.416 e. The topological polar surface area (TPSA) is 49.3 Å². The summed E-state index contributed by atoms with van der Waals surface area (Å²) < 4.78 is 38.4. The molecule has 2 N–H and O–H groups in total. The average Bonchev–Trinajstić information content (AvgIpc) is 2.58. The van der Waals surface area contributed by atoms with Gasteiger partial charge in [0, 0.05) is 12.1 Å². The van der Waals surface area contributed by atoms with Gasteiger partial charge < -0.3 is 10.4 Å². The third-order valence-electron chi connectivity index (χ3n) is 2.73. The molecule has 0 fully saturated rings. The third kappa shape index (κ3) is 2.00. The Labute approximate surface area is 95.3 Å². The summed E-state index contributed by atoms with van der Waals surface area (Å²) in [6, 6.07) is 2.20. The van der Waals surface area contributed by atoms with Crippen molar-refractivity contribution < 1.29 is 23.1 Å². The number of halogens is 3. The van der Waals surface area contributed by atoms with Crippen molar-refractivity contribution in [3.8, 4) is 0 Å². The minimum atomic E-state index is -4.53. The number of rotatable bonds is 1. The Balaban J connectivity index is 2.67. The van der Waals surface area contributed by atoms with Crippen LogP contribution >= 0.6 is 0 Å². The number of benzene rings is 1. The summed E-state index contributed by atoms with van der Waals surface area (Å²) >= 11 is 0. The van der Waals surface area contributed by atoms with E-state index >= 15 is 0 Å². The van der Waals surface area contributed by atoms with E-state index in [1.165, 1.54) is 13.0 Å². The molecule has 1 aliphatic heterocycles. The molecule has 6 heteroatoms. The van der Waals surface area contributed by atoms with E-state index in [0.29, 0.717) is 0 Å². The van der Waals surface area contributed by atoms with Gasteiger partial charge in [0.15, 0.2) is 0 Å². The van der Waals surface area contributed by atoms with E-state index in [1.54, 1.807) is 0 Å². The molecule has 0 aromatic heterocycles. The van der Waals surface area contributed by atoms with Crippen molar-refractivity contribution in [2.75, 3.05) is 0 Å². The number of hydrogen-bond acceptors (Lipinski definition) is 2. The molecule has 1 aliphatic rings. The van der Waals surface area contributed by atoms with E-state index in [4.69, 9.17) is 0 Å². The summed E-state index contributed by atoms with van der Waals surface area (Å²) in [7, 11) is 0. The van der Waals surface area contributed by atoms with E-state index in [-0.39, 0.29) is 23.2 Å². The Kier molecular flexibility index (Phi) is 2.61. The number of amides is 1. The van der Waals surface area contributed by atoms with Gasteiger partial charge in [0.25, 0.3) is 5.91 Å². The van der Waals surface area contributed by atoms with Crippen LogP contribution in [0.5, 0.6) is 0 Å². The first kappa shape index (κ1) is 11.9. The van der Waals surface area contributed by atoms with Crippen molar-refractivity contribution in [3.63, 3.8) is 0 Å². The SMILES string of the molecule is CC(O)c1cc2c(c(C(F)(F)F)c1)CNC2=O. The van der Waals surface area contributed by atoms with Gasteiger partial charge >= 0.3 is 6.18 Å². The van der Waals surface area contributed by atoms with E-state index < -0.39 is 23.8 Å². The highest BCUT2D eigenvalue weighted by atomic mass is 19.4. The minimum absolute atomic E-state index is 0.00396. The number of aliphatic hydroxyl groups is 1. The number of alkyl halides is 3. The van der Waals surface area contributed by atoms with Crippen molar-refractivity contribution in [1.29, 1.82) is 0 Å². The van der Waals surface area contributed by atoms with Crippen LogP contribution in [-0.4, -0.2) is 11.0 Å². The summed E-state index contributed by atoms with van der Waals surface area (Å²) in [5.41, 5.74) is -0.819.